The summed E-state index contributed by atoms with van der Waals surface area (Å²) in [5.74, 6) is 0. The first-order valence-corrected chi connectivity index (χ1v) is 5.96. The van der Waals surface area contributed by atoms with E-state index >= 15 is 0 Å². The molecule has 0 amide bonds. The fraction of sp³-hybridized carbons (Fsp3) is 0.0625. The van der Waals surface area contributed by atoms with Crippen molar-refractivity contribution in [1.82, 2.24) is 5.32 Å². The van der Waals surface area contributed by atoms with Gasteiger partial charge in [0.1, 0.15) is 12.3 Å². The zero-order valence-corrected chi connectivity index (χ0v) is 9.84. The Balaban J connectivity index is 2.10. The number of nitrogens with one attached hydrogen (secondary N) is 1. The lowest BCUT2D eigenvalue weighted by atomic mass is 9.94. The molecule has 1 N–H and O–H groups in total. The second kappa shape index (κ2) is 4.49. The Morgan fingerprint density at radius 1 is 0.944 bits per heavy atom. The highest BCUT2D eigenvalue weighted by atomic mass is 16.1. The number of aldehydes is 1. The lowest BCUT2D eigenvalue weighted by Crippen LogP contribution is -2.25. The molecule has 1 heterocycles. The summed E-state index contributed by atoms with van der Waals surface area (Å²) in [5, 5.41) is 3.27. The molecule has 1 atom stereocenters. The fourth-order valence-corrected chi connectivity index (χ4v) is 2.26. The summed E-state index contributed by atoms with van der Waals surface area (Å²) in [5.41, 5.74) is 4.23. The number of carbonyl (C=O) groups excluding carboxylic acids is 1. The normalized spacial score (nSPS) is 17.3. The highest BCUT2D eigenvalue weighted by Gasteiger charge is 2.19. The van der Waals surface area contributed by atoms with Gasteiger partial charge in [0.15, 0.2) is 0 Å². The highest BCUT2D eigenvalue weighted by Crippen LogP contribution is 2.28. The molecule has 0 saturated carbocycles. The molecule has 0 spiro atoms. The number of fused-ring (bicyclic) bond motifs is 1. The number of carbonyl (C=O) groups is 1. The van der Waals surface area contributed by atoms with E-state index in [1.165, 1.54) is 0 Å². The molecule has 0 fully saturated rings. The summed E-state index contributed by atoms with van der Waals surface area (Å²) >= 11 is 0. The monoisotopic (exact) mass is 235 g/mol. The Kier molecular flexibility index (Phi) is 2.69. The third kappa shape index (κ3) is 1.82. The van der Waals surface area contributed by atoms with E-state index < -0.39 is 0 Å². The van der Waals surface area contributed by atoms with Gasteiger partial charge in [-0.25, -0.2) is 0 Å². The molecule has 0 aliphatic carbocycles. The highest BCUT2D eigenvalue weighted by molar-refractivity contribution is 5.87. The predicted octanol–water partition coefficient (Wildman–Crippen LogP) is 3.03. The van der Waals surface area contributed by atoms with Gasteiger partial charge in [-0.1, -0.05) is 54.6 Å². The molecule has 0 radical (unpaired) electrons. The summed E-state index contributed by atoms with van der Waals surface area (Å²) < 4.78 is 0. The van der Waals surface area contributed by atoms with Gasteiger partial charge in [-0.2, -0.15) is 0 Å². The number of rotatable bonds is 2. The second-order valence-corrected chi connectivity index (χ2v) is 4.31. The Labute approximate surface area is 106 Å². The van der Waals surface area contributed by atoms with Crippen molar-refractivity contribution < 1.29 is 4.79 Å². The van der Waals surface area contributed by atoms with Gasteiger partial charge in [-0.3, -0.25) is 0 Å². The van der Waals surface area contributed by atoms with Crippen LogP contribution in [0.25, 0.3) is 11.8 Å². The average Bonchev–Trinajstić information content (AvgIpc) is 2.47. The number of hydrogen-bond donors (Lipinski definition) is 1. The maximum atomic E-state index is 11.2. The molecule has 2 heteroatoms. The molecule has 18 heavy (non-hydrogen) atoms. The number of benzene rings is 2. The van der Waals surface area contributed by atoms with Crippen LogP contribution in [-0.4, -0.2) is 6.29 Å². The molecule has 2 nitrogen and oxygen atoms in total. The third-order valence-electron chi connectivity index (χ3n) is 3.16. The molecule has 2 aromatic rings. The average molecular weight is 235 g/mol. The summed E-state index contributed by atoms with van der Waals surface area (Å²) in [6.07, 6.45) is 3.04. The minimum atomic E-state index is -0.263. The van der Waals surface area contributed by atoms with Gasteiger partial charge in [0, 0.05) is 5.70 Å². The molecular weight excluding hydrogens is 222 g/mol. The van der Waals surface area contributed by atoms with E-state index in [9.17, 15) is 4.79 Å². The molecule has 1 aliphatic heterocycles. The van der Waals surface area contributed by atoms with Crippen molar-refractivity contribution in [3.63, 3.8) is 0 Å². The molecule has 1 aliphatic rings. The quantitative estimate of drug-likeness (QED) is 0.811. The van der Waals surface area contributed by atoms with Crippen LogP contribution >= 0.6 is 0 Å². The Morgan fingerprint density at radius 2 is 1.67 bits per heavy atom. The van der Waals surface area contributed by atoms with Gasteiger partial charge in [0.05, 0.1) is 0 Å². The van der Waals surface area contributed by atoms with Crippen LogP contribution in [0.5, 0.6) is 0 Å². The summed E-state index contributed by atoms with van der Waals surface area (Å²) in [7, 11) is 0. The van der Waals surface area contributed by atoms with Crippen molar-refractivity contribution in [3.05, 3.63) is 71.3 Å². The van der Waals surface area contributed by atoms with Gasteiger partial charge in [-0.15, -0.1) is 0 Å². The zero-order valence-electron chi connectivity index (χ0n) is 9.84. The largest absolute Gasteiger partial charge is 0.371 e. The minimum absolute atomic E-state index is 0.263. The van der Waals surface area contributed by atoms with Crippen LogP contribution in [0, 0.1) is 0 Å². The van der Waals surface area contributed by atoms with Gasteiger partial charge in [0.25, 0.3) is 0 Å². The number of hydrogen-bond acceptors (Lipinski definition) is 2. The van der Waals surface area contributed by atoms with Crippen molar-refractivity contribution in [2.45, 2.75) is 6.04 Å². The molecule has 88 valence electrons. The Morgan fingerprint density at radius 3 is 2.44 bits per heavy atom. The van der Waals surface area contributed by atoms with E-state index in [1.807, 2.05) is 54.6 Å². The molecule has 1 unspecified atom stereocenters. The molecule has 0 aromatic heterocycles. The standard InChI is InChI=1S/C16H13NO/c18-11-16-14-9-5-4-8-13(14)10-15(17-16)12-6-2-1-3-7-12/h1-11,16-17H. The van der Waals surface area contributed by atoms with Gasteiger partial charge in [0.2, 0.25) is 0 Å². The van der Waals surface area contributed by atoms with E-state index in [0.717, 1.165) is 28.7 Å². The van der Waals surface area contributed by atoms with Crippen LogP contribution in [0.3, 0.4) is 0 Å². The van der Waals surface area contributed by atoms with Crippen molar-refractivity contribution in [1.29, 1.82) is 0 Å². The van der Waals surface area contributed by atoms with Crippen molar-refractivity contribution in [3.8, 4) is 0 Å². The minimum Gasteiger partial charge on any atom is -0.371 e. The third-order valence-corrected chi connectivity index (χ3v) is 3.16. The SMILES string of the molecule is O=CC1NC(c2ccccc2)=Cc2ccccc21. The molecular formula is C16H13NO. The fourth-order valence-electron chi connectivity index (χ4n) is 2.26. The summed E-state index contributed by atoms with van der Waals surface area (Å²) in [6, 6.07) is 17.8. The lowest BCUT2D eigenvalue weighted by Gasteiger charge is -2.24. The van der Waals surface area contributed by atoms with Gasteiger partial charge >= 0.3 is 0 Å². The lowest BCUT2D eigenvalue weighted by molar-refractivity contribution is -0.109. The predicted molar refractivity (Wildman–Crippen MR) is 72.7 cm³/mol. The second-order valence-electron chi connectivity index (χ2n) is 4.31. The van der Waals surface area contributed by atoms with Crippen LogP contribution in [-0.2, 0) is 4.79 Å². The van der Waals surface area contributed by atoms with Crippen molar-refractivity contribution in [2.75, 3.05) is 0 Å². The maximum Gasteiger partial charge on any atom is 0.146 e. The first-order chi connectivity index (χ1) is 8.88. The molecule has 2 aromatic carbocycles. The maximum absolute atomic E-state index is 11.2. The van der Waals surface area contributed by atoms with Gasteiger partial charge in [-0.05, 0) is 22.8 Å². The molecule has 0 saturated heterocycles. The summed E-state index contributed by atoms with van der Waals surface area (Å²) in [6.45, 7) is 0. The van der Waals surface area contributed by atoms with Crippen LogP contribution in [0.15, 0.2) is 54.6 Å². The molecule has 0 bridgehead atoms. The topological polar surface area (TPSA) is 29.1 Å². The first kappa shape index (κ1) is 10.8. The van der Waals surface area contributed by atoms with E-state index in [0.29, 0.717) is 0 Å². The smallest absolute Gasteiger partial charge is 0.146 e. The zero-order chi connectivity index (χ0) is 12.4. The van der Waals surface area contributed by atoms with Crippen LogP contribution in [0.1, 0.15) is 22.7 Å². The van der Waals surface area contributed by atoms with Crippen LogP contribution < -0.4 is 5.32 Å². The van der Waals surface area contributed by atoms with E-state index in [2.05, 4.69) is 11.4 Å². The van der Waals surface area contributed by atoms with E-state index in [1.54, 1.807) is 0 Å². The Bertz CT molecular complexity index is 602. The van der Waals surface area contributed by atoms with Crippen LogP contribution in [0.2, 0.25) is 0 Å². The molecule has 3 rings (SSSR count). The van der Waals surface area contributed by atoms with Gasteiger partial charge < -0.3 is 10.1 Å². The van der Waals surface area contributed by atoms with E-state index in [4.69, 9.17) is 0 Å². The Hall–Kier alpha value is -2.35. The van der Waals surface area contributed by atoms with Crippen molar-refractivity contribution >= 4 is 18.1 Å². The van der Waals surface area contributed by atoms with Crippen LogP contribution in [0.4, 0.5) is 0 Å². The van der Waals surface area contributed by atoms with Crippen molar-refractivity contribution in [2.24, 2.45) is 0 Å². The first-order valence-electron chi connectivity index (χ1n) is 5.96. The summed E-state index contributed by atoms with van der Waals surface area (Å²) in [4.78, 5) is 11.2. The van der Waals surface area contributed by atoms with E-state index in [-0.39, 0.29) is 6.04 Å².